The first-order valence-electron chi connectivity index (χ1n) is 2.28. The zero-order chi connectivity index (χ0) is 5.98. The number of hydrogen-bond donors (Lipinski definition) is 1. The summed E-state index contributed by atoms with van der Waals surface area (Å²) in [5.41, 5.74) is 3.43. The quantitative estimate of drug-likeness (QED) is 0.605. The molecule has 0 aliphatic heterocycles. The Bertz CT molecular complexity index is 173. The van der Waals surface area contributed by atoms with Crippen LogP contribution in [0.15, 0.2) is 0 Å². The lowest BCUT2D eigenvalue weighted by molar-refractivity contribution is 0.277. The minimum absolute atomic E-state index is 0.0336. The fourth-order valence-corrected chi connectivity index (χ4v) is 0.951. The molecule has 0 saturated heterocycles. The van der Waals surface area contributed by atoms with Gasteiger partial charge in [-0.05, 0) is 6.92 Å². The Balaban J connectivity index is 2.92. The van der Waals surface area contributed by atoms with E-state index in [1.54, 1.807) is 0 Å². The molecule has 1 heterocycles. The molecule has 0 unspecified atom stereocenters. The molecule has 1 aromatic rings. The maximum absolute atomic E-state index is 8.53. The topological polar surface area (TPSA) is 33.1 Å². The first kappa shape index (κ1) is 5.72. The Morgan fingerprint density at radius 3 is 2.88 bits per heavy atom. The maximum atomic E-state index is 8.53. The van der Waals surface area contributed by atoms with Crippen LogP contribution < -0.4 is 0 Å². The van der Waals surface area contributed by atoms with Gasteiger partial charge in [-0.1, -0.05) is 0 Å². The second kappa shape index (κ2) is 2.24. The zero-order valence-electron chi connectivity index (χ0n) is 4.51. The number of aliphatic hydroxyl groups excluding tert-OH is 1. The van der Waals surface area contributed by atoms with Crippen molar-refractivity contribution in [3.63, 3.8) is 0 Å². The second-order valence-electron chi connectivity index (χ2n) is 1.47. The Kier molecular flexibility index (Phi) is 1.60. The van der Waals surface area contributed by atoms with Crippen molar-refractivity contribution >= 4 is 11.3 Å². The smallest absolute Gasteiger partial charge is 0.152 e. The summed E-state index contributed by atoms with van der Waals surface area (Å²) < 4.78 is 0. The van der Waals surface area contributed by atoms with Gasteiger partial charge in [0, 0.05) is 4.88 Å². The molecule has 1 radical (unpaired) electrons. The molecule has 43 valence electrons. The lowest BCUT2D eigenvalue weighted by Gasteiger charge is -1.85. The Labute approximate surface area is 51.8 Å². The van der Waals surface area contributed by atoms with Gasteiger partial charge in [-0.2, -0.15) is 0 Å². The highest BCUT2D eigenvalue weighted by Crippen LogP contribution is 2.08. The van der Waals surface area contributed by atoms with Crippen molar-refractivity contribution in [1.29, 1.82) is 0 Å². The molecular formula is C5H6NOS. The van der Waals surface area contributed by atoms with Crippen LogP contribution in [0, 0.1) is 12.4 Å². The van der Waals surface area contributed by atoms with E-state index in [9.17, 15) is 0 Å². The first-order chi connectivity index (χ1) is 3.84. The molecule has 0 aliphatic carbocycles. The number of nitrogens with zero attached hydrogens (tertiary/aromatic N) is 1. The number of aryl methyl sites for hydroxylation is 1. The van der Waals surface area contributed by atoms with Crippen LogP contribution in [-0.2, 0) is 6.61 Å². The molecular weight excluding hydrogens is 122 g/mol. The van der Waals surface area contributed by atoms with E-state index in [0.29, 0.717) is 0 Å². The van der Waals surface area contributed by atoms with E-state index < -0.39 is 0 Å². The van der Waals surface area contributed by atoms with Crippen molar-refractivity contribution in [2.45, 2.75) is 13.5 Å². The molecule has 1 N–H and O–H groups in total. The molecule has 3 heteroatoms. The zero-order valence-corrected chi connectivity index (χ0v) is 5.33. The van der Waals surface area contributed by atoms with Crippen LogP contribution in [-0.4, -0.2) is 10.1 Å². The number of hydrogen-bond acceptors (Lipinski definition) is 3. The third kappa shape index (κ3) is 0.877. The normalized spacial score (nSPS) is 9.75. The first-order valence-corrected chi connectivity index (χ1v) is 3.09. The van der Waals surface area contributed by atoms with E-state index in [4.69, 9.17) is 5.11 Å². The predicted molar refractivity (Wildman–Crippen MR) is 31.6 cm³/mol. The van der Waals surface area contributed by atoms with Gasteiger partial charge in [-0.25, -0.2) is 4.98 Å². The van der Waals surface area contributed by atoms with Crippen LogP contribution >= 0.6 is 11.3 Å². The summed E-state index contributed by atoms with van der Waals surface area (Å²) in [6, 6.07) is 0. The Hall–Kier alpha value is -0.410. The van der Waals surface area contributed by atoms with E-state index in [-0.39, 0.29) is 6.61 Å². The number of thiazole rings is 1. The highest BCUT2D eigenvalue weighted by Gasteiger charge is 1.96. The van der Waals surface area contributed by atoms with E-state index in [2.05, 4.69) is 10.5 Å². The van der Waals surface area contributed by atoms with Crippen molar-refractivity contribution < 1.29 is 5.11 Å². The Morgan fingerprint density at radius 2 is 2.62 bits per heavy atom. The third-order valence-electron chi connectivity index (χ3n) is 0.935. The van der Waals surface area contributed by atoms with Gasteiger partial charge in [0.1, 0.15) is 0 Å². The molecule has 1 aromatic heterocycles. The van der Waals surface area contributed by atoms with Crippen LogP contribution in [0.1, 0.15) is 10.6 Å². The highest BCUT2D eigenvalue weighted by atomic mass is 32.1. The molecule has 0 aromatic carbocycles. The van der Waals surface area contributed by atoms with Crippen molar-refractivity contribution in [1.82, 2.24) is 4.98 Å². The fourth-order valence-electron chi connectivity index (χ4n) is 0.431. The molecule has 8 heavy (non-hydrogen) atoms. The average molecular weight is 128 g/mol. The maximum Gasteiger partial charge on any atom is 0.152 e. The van der Waals surface area contributed by atoms with Crippen molar-refractivity contribution in [3.8, 4) is 0 Å². The number of aromatic nitrogens is 1. The van der Waals surface area contributed by atoms with E-state index in [1.165, 1.54) is 11.3 Å². The van der Waals surface area contributed by atoms with Crippen molar-refractivity contribution in [2.24, 2.45) is 0 Å². The summed E-state index contributed by atoms with van der Waals surface area (Å²) in [4.78, 5) is 4.83. The average Bonchev–Trinajstić information content (AvgIpc) is 2.14. The van der Waals surface area contributed by atoms with Crippen LogP contribution in [0.5, 0.6) is 0 Å². The number of rotatable bonds is 1. The predicted octanol–water partition coefficient (Wildman–Crippen LogP) is 0.744. The highest BCUT2D eigenvalue weighted by molar-refractivity contribution is 7.09. The van der Waals surface area contributed by atoms with Crippen LogP contribution in [0.3, 0.4) is 0 Å². The van der Waals surface area contributed by atoms with Gasteiger partial charge in [0.05, 0.1) is 12.3 Å². The van der Waals surface area contributed by atoms with Gasteiger partial charge < -0.3 is 5.11 Å². The van der Waals surface area contributed by atoms with Crippen LogP contribution in [0.4, 0.5) is 0 Å². The van der Waals surface area contributed by atoms with Crippen molar-refractivity contribution in [3.05, 3.63) is 16.1 Å². The molecule has 0 amide bonds. The largest absolute Gasteiger partial charge is 0.390 e. The number of aliphatic hydroxyl groups is 1. The lowest BCUT2D eigenvalue weighted by Crippen LogP contribution is -1.83. The van der Waals surface area contributed by atoms with Crippen LogP contribution in [0.25, 0.3) is 0 Å². The van der Waals surface area contributed by atoms with Crippen LogP contribution in [0.2, 0.25) is 0 Å². The minimum atomic E-state index is 0.0336. The van der Waals surface area contributed by atoms with Crippen molar-refractivity contribution in [2.75, 3.05) is 0 Å². The summed E-state index contributed by atoms with van der Waals surface area (Å²) in [5, 5.41) is 8.53. The van der Waals surface area contributed by atoms with Gasteiger partial charge in [-0.15, -0.1) is 11.3 Å². The monoisotopic (exact) mass is 128 g/mol. The summed E-state index contributed by atoms with van der Waals surface area (Å²) in [7, 11) is 0. The summed E-state index contributed by atoms with van der Waals surface area (Å²) in [6.45, 7) is 1.95. The summed E-state index contributed by atoms with van der Waals surface area (Å²) in [6.07, 6.45) is 0. The molecule has 0 bridgehead atoms. The van der Waals surface area contributed by atoms with Gasteiger partial charge in [0.2, 0.25) is 0 Å². The SMILES string of the molecule is Cc1s[c]nc1CO. The van der Waals surface area contributed by atoms with E-state index in [1.807, 2.05) is 6.92 Å². The van der Waals surface area contributed by atoms with Gasteiger partial charge >= 0.3 is 0 Å². The standard InChI is InChI=1S/C5H6NOS/c1-4-5(2-7)6-3-8-4/h7H,2H2,1H3. The van der Waals surface area contributed by atoms with Gasteiger partial charge in [-0.3, -0.25) is 0 Å². The molecule has 2 nitrogen and oxygen atoms in total. The molecule has 0 atom stereocenters. The third-order valence-corrected chi connectivity index (χ3v) is 1.66. The van der Waals surface area contributed by atoms with Gasteiger partial charge in [0.25, 0.3) is 0 Å². The molecule has 0 aliphatic rings. The van der Waals surface area contributed by atoms with E-state index in [0.717, 1.165) is 10.6 Å². The summed E-state index contributed by atoms with van der Waals surface area (Å²) in [5.74, 6) is 0. The molecule has 1 rings (SSSR count). The minimum Gasteiger partial charge on any atom is -0.390 e. The molecule has 0 fully saturated rings. The second-order valence-corrected chi connectivity index (χ2v) is 2.47. The molecule has 0 saturated carbocycles. The lowest BCUT2D eigenvalue weighted by atomic mass is 10.4. The fraction of sp³-hybridized carbons (Fsp3) is 0.400. The Morgan fingerprint density at radius 1 is 1.88 bits per heavy atom. The summed E-state index contributed by atoms with van der Waals surface area (Å²) >= 11 is 1.43. The molecule has 0 spiro atoms. The van der Waals surface area contributed by atoms with E-state index >= 15 is 0 Å². The van der Waals surface area contributed by atoms with Gasteiger partial charge in [0.15, 0.2) is 5.51 Å².